The van der Waals surface area contributed by atoms with Crippen LogP contribution in [0.15, 0.2) is 47.6 Å². The summed E-state index contributed by atoms with van der Waals surface area (Å²) in [6, 6.07) is 11.8. The van der Waals surface area contributed by atoms with Gasteiger partial charge >= 0.3 is 0 Å². The summed E-state index contributed by atoms with van der Waals surface area (Å²) in [5.41, 5.74) is 7.23. The Kier molecular flexibility index (Phi) is 3.42. The molecule has 6 nitrogen and oxygen atoms in total. The van der Waals surface area contributed by atoms with Gasteiger partial charge < -0.3 is 10.5 Å². The van der Waals surface area contributed by atoms with E-state index in [1.807, 2.05) is 36.4 Å². The molecule has 0 saturated heterocycles. The molecule has 0 fully saturated rings. The van der Waals surface area contributed by atoms with Crippen LogP contribution in [0.2, 0.25) is 0 Å². The van der Waals surface area contributed by atoms with Crippen molar-refractivity contribution in [3.63, 3.8) is 0 Å². The van der Waals surface area contributed by atoms with Gasteiger partial charge in [0.15, 0.2) is 11.6 Å². The average Bonchev–Trinajstić information content (AvgIpc) is 2.53. The number of fused-ring (bicyclic) bond motifs is 1. The molecule has 0 spiro atoms. The first-order valence-corrected chi connectivity index (χ1v) is 6.33. The highest BCUT2D eigenvalue weighted by Crippen LogP contribution is 2.24. The molecule has 3 aromatic rings. The van der Waals surface area contributed by atoms with E-state index in [2.05, 4.69) is 26.7 Å². The fourth-order valence-corrected chi connectivity index (χ4v) is 1.93. The molecule has 0 unspecified atom stereocenters. The van der Waals surface area contributed by atoms with Crippen LogP contribution in [0.5, 0.6) is 5.75 Å². The van der Waals surface area contributed by atoms with E-state index in [0.29, 0.717) is 18.2 Å². The second-order valence-corrected chi connectivity index (χ2v) is 4.36. The van der Waals surface area contributed by atoms with Crippen LogP contribution in [0.25, 0.3) is 10.9 Å². The van der Waals surface area contributed by atoms with E-state index in [0.717, 1.165) is 16.6 Å². The van der Waals surface area contributed by atoms with Crippen molar-refractivity contribution < 1.29 is 4.74 Å². The molecular weight excluding hydrogens is 266 g/mol. The largest absolute Gasteiger partial charge is 0.482 e. The number of nitrogens with zero attached hydrogens (tertiary/aromatic N) is 4. The lowest BCUT2D eigenvalue weighted by Crippen LogP contribution is -2.01. The molecule has 6 heteroatoms. The molecule has 0 bridgehead atoms. The van der Waals surface area contributed by atoms with Gasteiger partial charge in [-0.3, -0.25) is 0 Å². The van der Waals surface area contributed by atoms with Gasteiger partial charge in [0, 0.05) is 5.39 Å². The molecule has 0 aliphatic rings. The van der Waals surface area contributed by atoms with Crippen LogP contribution in [0, 0.1) is 0 Å². The highest BCUT2D eigenvalue weighted by Gasteiger charge is 2.06. The zero-order chi connectivity index (χ0) is 14.7. The number of hydrogen-bond donors (Lipinski definition) is 1. The van der Waals surface area contributed by atoms with E-state index in [1.54, 1.807) is 0 Å². The van der Waals surface area contributed by atoms with Gasteiger partial charge in [-0.2, -0.15) is 4.98 Å². The summed E-state index contributed by atoms with van der Waals surface area (Å²) in [7, 11) is 0. The number of nitrogens with two attached hydrogens (primary N) is 1. The Balaban J connectivity index is 1.81. The first-order chi connectivity index (χ1) is 10.3. The molecule has 2 heterocycles. The maximum Gasteiger partial charge on any atom is 0.222 e. The number of aliphatic imine (C=N–C) groups is 1. The lowest BCUT2D eigenvalue weighted by atomic mass is 10.2. The number of benzene rings is 1. The van der Waals surface area contributed by atoms with E-state index in [4.69, 9.17) is 10.5 Å². The van der Waals surface area contributed by atoms with Gasteiger partial charge in [-0.15, -0.1) is 0 Å². The topological polar surface area (TPSA) is 86.3 Å². The molecule has 104 valence electrons. The minimum absolute atomic E-state index is 0.133. The van der Waals surface area contributed by atoms with Crippen molar-refractivity contribution in [2.75, 3.05) is 5.73 Å². The molecule has 0 atom stereocenters. The second-order valence-electron chi connectivity index (χ2n) is 4.36. The number of nitrogen functional groups attached to an aromatic ring is 1. The Morgan fingerprint density at radius 2 is 2.00 bits per heavy atom. The predicted octanol–water partition coefficient (Wildman–Crippen LogP) is 2.52. The summed E-state index contributed by atoms with van der Waals surface area (Å²) in [5, 5.41) is 1.09. The lowest BCUT2D eigenvalue weighted by molar-refractivity contribution is 0.301. The number of pyridine rings is 1. The van der Waals surface area contributed by atoms with Gasteiger partial charge in [-0.25, -0.2) is 15.0 Å². The summed E-state index contributed by atoms with van der Waals surface area (Å²) < 4.78 is 5.64. The normalized spacial score (nSPS) is 10.5. The van der Waals surface area contributed by atoms with E-state index >= 15 is 0 Å². The van der Waals surface area contributed by atoms with Crippen molar-refractivity contribution >= 4 is 29.4 Å². The van der Waals surface area contributed by atoms with Gasteiger partial charge in [0.2, 0.25) is 5.95 Å². The smallest absolute Gasteiger partial charge is 0.222 e. The van der Waals surface area contributed by atoms with Crippen molar-refractivity contribution in [3.05, 3.63) is 48.3 Å². The van der Waals surface area contributed by atoms with Gasteiger partial charge in [0.1, 0.15) is 6.61 Å². The summed E-state index contributed by atoms with van der Waals surface area (Å²) >= 11 is 0. The highest BCUT2D eigenvalue weighted by molar-refractivity contribution is 5.78. The van der Waals surface area contributed by atoms with Crippen molar-refractivity contribution in [1.82, 2.24) is 15.0 Å². The average molecular weight is 279 g/mol. The third kappa shape index (κ3) is 2.79. The number of rotatable bonds is 4. The quantitative estimate of drug-likeness (QED) is 0.741. The Morgan fingerprint density at radius 1 is 1.14 bits per heavy atom. The van der Waals surface area contributed by atoms with E-state index in [1.165, 1.54) is 6.20 Å². The summed E-state index contributed by atoms with van der Waals surface area (Å²) in [6.45, 7) is 3.73. The molecule has 3 rings (SSSR count). The molecule has 0 amide bonds. The maximum atomic E-state index is 5.64. The van der Waals surface area contributed by atoms with E-state index in [-0.39, 0.29) is 5.95 Å². The molecule has 2 aromatic heterocycles. The first-order valence-electron chi connectivity index (χ1n) is 6.33. The van der Waals surface area contributed by atoms with Gasteiger partial charge in [0.05, 0.1) is 17.4 Å². The Bertz CT molecular complexity index is 803. The zero-order valence-electron chi connectivity index (χ0n) is 11.2. The fourth-order valence-electron chi connectivity index (χ4n) is 1.93. The molecule has 0 radical (unpaired) electrons. The third-order valence-electron chi connectivity index (χ3n) is 2.94. The van der Waals surface area contributed by atoms with Gasteiger partial charge in [0.25, 0.3) is 0 Å². The van der Waals surface area contributed by atoms with Gasteiger partial charge in [-0.05, 0) is 18.9 Å². The summed E-state index contributed by atoms with van der Waals surface area (Å²) in [6.07, 6.45) is 1.48. The Hall–Kier alpha value is -3.02. The van der Waals surface area contributed by atoms with E-state index < -0.39 is 0 Å². The standard InChI is InChI=1S/C15H13N5O/c1-17-14-13(8-18-15(16)20-14)21-9-11-7-6-10-4-2-3-5-12(10)19-11/h2-8H,1,9H2,(H2,16,18,20). The van der Waals surface area contributed by atoms with Crippen molar-refractivity contribution in [1.29, 1.82) is 0 Å². The van der Waals surface area contributed by atoms with Crippen molar-refractivity contribution in [2.45, 2.75) is 6.61 Å². The van der Waals surface area contributed by atoms with Crippen LogP contribution in [-0.4, -0.2) is 21.7 Å². The predicted molar refractivity (Wildman–Crippen MR) is 81.7 cm³/mol. The number of para-hydroxylation sites is 1. The monoisotopic (exact) mass is 279 g/mol. The number of hydrogen-bond acceptors (Lipinski definition) is 6. The molecule has 0 aliphatic heterocycles. The highest BCUT2D eigenvalue weighted by atomic mass is 16.5. The van der Waals surface area contributed by atoms with Crippen LogP contribution < -0.4 is 10.5 Å². The molecule has 1 aromatic carbocycles. The summed E-state index contributed by atoms with van der Waals surface area (Å²) in [4.78, 5) is 16.1. The number of ether oxygens (including phenoxy) is 1. The van der Waals surface area contributed by atoms with E-state index in [9.17, 15) is 0 Å². The zero-order valence-corrected chi connectivity index (χ0v) is 11.2. The molecule has 21 heavy (non-hydrogen) atoms. The lowest BCUT2D eigenvalue weighted by Gasteiger charge is -2.08. The fraction of sp³-hybridized carbons (Fsp3) is 0.0667. The number of anilines is 1. The minimum Gasteiger partial charge on any atom is -0.482 e. The molecular formula is C15H13N5O. The van der Waals surface area contributed by atoms with Crippen LogP contribution >= 0.6 is 0 Å². The number of aromatic nitrogens is 3. The van der Waals surface area contributed by atoms with Crippen LogP contribution in [-0.2, 0) is 6.61 Å². The van der Waals surface area contributed by atoms with Crippen molar-refractivity contribution in [3.8, 4) is 5.75 Å². The van der Waals surface area contributed by atoms with Crippen LogP contribution in [0.3, 0.4) is 0 Å². The van der Waals surface area contributed by atoms with Crippen LogP contribution in [0.4, 0.5) is 11.8 Å². The molecule has 0 aliphatic carbocycles. The minimum atomic E-state index is 0.133. The SMILES string of the molecule is C=Nc1nc(N)ncc1OCc1ccc2ccccc2n1. The first kappa shape index (κ1) is 13.0. The van der Waals surface area contributed by atoms with Crippen LogP contribution in [0.1, 0.15) is 5.69 Å². The third-order valence-corrected chi connectivity index (χ3v) is 2.94. The Morgan fingerprint density at radius 3 is 2.86 bits per heavy atom. The maximum absolute atomic E-state index is 5.64. The van der Waals surface area contributed by atoms with Gasteiger partial charge in [-0.1, -0.05) is 24.3 Å². The summed E-state index contributed by atoms with van der Waals surface area (Å²) in [5.74, 6) is 0.881. The second kappa shape index (κ2) is 5.54. The molecule has 2 N–H and O–H groups in total. The van der Waals surface area contributed by atoms with Crippen molar-refractivity contribution in [2.24, 2.45) is 4.99 Å². The molecule has 0 saturated carbocycles. The Labute approximate surface area is 121 Å².